The van der Waals surface area contributed by atoms with Gasteiger partial charge in [0.15, 0.2) is 17.5 Å². The number of nitrogens with zero attached hydrogens (tertiary/aromatic N) is 12. The number of halogens is 2. The summed E-state index contributed by atoms with van der Waals surface area (Å²) in [5.41, 5.74) is 2.86. The van der Waals surface area contributed by atoms with Crippen LogP contribution in [-0.4, -0.2) is 125 Å². The van der Waals surface area contributed by atoms with Crippen LogP contribution in [0.5, 0.6) is 5.75 Å². The van der Waals surface area contributed by atoms with Crippen LogP contribution in [-0.2, 0) is 14.4 Å². The van der Waals surface area contributed by atoms with Gasteiger partial charge in [-0.15, -0.1) is 13.2 Å². The summed E-state index contributed by atoms with van der Waals surface area (Å²) in [7, 11) is 6.80. The Labute approximate surface area is 443 Å². The third-order valence-electron chi connectivity index (χ3n) is 15.1. The molecule has 10 rings (SSSR count). The molecule has 19 nitrogen and oxygen atoms in total. The fraction of sp³-hybridized carbons (Fsp3) is 0.509. The number of benzene rings is 1. The Morgan fingerprint density at radius 1 is 0.689 bits per heavy atom. The number of carbonyl (C=O) groups is 4. The van der Waals surface area contributed by atoms with Gasteiger partial charge in [-0.05, 0) is 92.8 Å². The summed E-state index contributed by atoms with van der Waals surface area (Å²) in [6, 6.07) is 5.80. The van der Waals surface area contributed by atoms with Crippen molar-refractivity contribution in [3.8, 4) is 5.75 Å². The Morgan fingerprint density at radius 3 is 1.61 bits per heavy atom. The first kappa shape index (κ1) is 53.7. The van der Waals surface area contributed by atoms with Crippen LogP contribution in [0.1, 0.15) is 107 Å². The molecule has 3 saturated carbocycles. The molecule has 0 bridgehead atoms. The highest BCUT2D eigenvalue weighted by atomic mass is 35.5. The van der Waals surface area contributed by atoms with Crippen molar-refractivity contribution < 1.29 is 29.0 Å². The molecule has 394 valence electrons. The van der Waals surface area contributed by atoms with Crippen molar-refractivity contribution in [3.63, 3.8) is 0 Å². The Morgan fingerprint density at radius 2 is 1.14 bits per heavy atom. The molecule has 1 aromatic carbocycles. The highest BCUT2D eigenvalue weighted by molar-refractivity contribution is 6.28. The van der Waals surface area contributed by atoms with Gasteiger partial charge in [-0.3, -0.25) is 14.4 Å². The number of carboxylic acid groups (broad SMARTS) is 1. The number of carboxylic acids is 1. The summed E-state index contributed by atoms with van der Waals surface area (Å²) in [5.74, 6) is 1.94. The number of amides is 3. The average Bonchev–Trinajstić information content (AvgIpc) is 4.23. The van der Waals surface area contributed by atoms with Gasteiger partial charge in [-0.2, -0.15) is 15.0 Å². The van der Waals surface area contributed by atoms with Crippen molar-refractivity contribution >= 4 is 93.0 Å². The summed E-state index contributed by atoms with van der Waals surface area (Å²) < 4.78 is 5.36. The van der Waals surface area contributed by atoms with Gasteiger partial charge in [0, 0.05) is 65.3 Å². The van der Waals surface area contributed by atoms with E-state index in [1.54, 1.807) is 66.6 Å². The molecule has 3 fully saturated rings. The zero-order valence-corrected chi connectivity index (χ0v) is 44.3. The third kappa shape index (κ3) is 11.8. The lowest BCUT2D eigenvalue weighted by Gasteiger charge is -2.31. The summed E-state index contributed by atoms with van der Waals surface area (Å²) >= 11 is 11.9. The van der Waals surface area contributed by atoms with E-state index >= 15 is 0 Å². The number of allylic oxidation sites excluding steroid dienone is 2. The van der Waals surface area contributed by atoms with Gasteiger partial charge in [0.05, 0.1) is 48.8 Å². The molecule has 21 heteroatoms. The van der Waals surface area contributed by atoms with Gasteiger partial charge in [0.25, 0.3) is 0 Å². The Hall–Kier alpha value is -6.60. The second-order valence-corrected chi connectivity index (χ2v) is 20.4. The molecule has 2 atom stereocenters. The Kier molecular flexibility index (Phi) is 17.5. The van der Waals surface area contributed by atoms with Crippen LogP contribution in [0.15, 0.2) is 62.1 Å². The lowest BCUT2D eigenvalue weighted by molar-refractivity contribution is -0.122. The second-order valence-electron chi connectivity index (χ2n) is 19.7. The number of ether oxygens (including phenoxy) is 1. The molecule has 74 heavy (non-hydrogen) atoms. The normalized spacial score (nSPS) is 20.3. The van der Waals surface area contributed by atoms with Gasteiger partial charge in [0.1, 0.15) is 22.8 Å². The zero-order valence-electron chi connectivity index (χ0n) is 42.8. The van der Waals surface area contributed by atoms with Gasteiger partial charge < -0.3 is 44.6 Å². The minimum Gasteiger partial charge on any atom is -0.495 e. The smallest absolute Gasteiger partial charge is 0.335 e. The number of rotatable bonds is 11. The second kappa shape index (κ2) is 24.2. The van der Waals surface area contributed by atoms with E-state index in [0.29, 0.717) is 80.1 Å². The predicted octanol–water partition coefficient (Wildman–Crippen LogP) is 9.14. The molecular weight excluding hydrogens is 986 g/mol. The molecule has 3 aliphatic heterocycles. The van der Waals surface area contributed by atoms with Crippen molar-refractivity contribution in [1.82, 2.24) is 29.9 Å². The first-order valence-corrected chi connectivity index (χ1v) is 26.4. The van der Waals surface area contributed by atoms with Crippen LogP contribution in [0.2, 0.25) is 10.6 Å². The lowest BCUT2D eigenvalue weighted by Crippen LogP contribution is -2.39. The minimum absolute atomic E-state index is 0.0342. The maximum atomic E-state index is 13.1. The molecular formula is C53H67Cl2N13O6. The third-order valence-corrected chi connectivity index (χ3v) is 15.5. The van der Waals surface area contributed by atoms with E-state index in [-0.39, 0.29) is 45.7 Å². The molecule has 4 aromatic rings. The maximum Gasteiger partial charge on any atom is 0.335 e. The van der Waals surface area contributed by atoms with Crippen molar-refractivity contribution in [2.75, 3.05) is 82.6 Å². The number of aromatic carboxylic acids is 1. The molecule has 3 aliphatic carbocycles. The summed E-state index contributed by atoms with van der Waals surface area (Å²) in [6.45, 7) is 9.59. The van der Waals surface area contributed by atoms with Gasteiger partial charge in [-0.1, -0.05) is 50.7 Å². The van der Waals surface area contributed by atoms with Crippen LogP contribution in [0.3, 0.4) is 0 Å². The fourth-order valence-electron chi connectivity index (χ4n) is 11.1. The molecule has 3 aromatic heterocycles. The molecule has 0 saturated heterocycles. The average molecular weight is 1050 g/mol. The summed E-state index contributed by atoms with van der Waals surface area (Å²) in [5, 5.41) is 12.9. The lowest BCUT2D eigenvalue weighted by atomic mass is 10.0. The van der Waals surface area contributed by atoms with Crippen LogP contribution >= 0.6 is 23.2 Å². The van der Waals surface area contributed by atoms with Crippen molar-refractivity contribution in [1.29, 1.82) is 0 Å². The Bertz CT molecular complexity index is 2710. The van der Waals surface area contributed by atoms with E-state index in [1.165, 1.54) is 57.8 Å². The van der Waals surface area contributed by atoms with Gasteiger partial charge >= 0.3 is 5.97 Å². The highest BCUT2D eigenvalue weighted by Crippen LogP contribution is 2.41. The number of hydrogen-bond donors (Lipinski definition) is 2. The maximum absolute atomic E-state index is 13.1. The van der Waals surface area contributed by atoms with E-state index in [9.17, 15) is 24.3 Å². The number of carbonyl (C=O) groups excluding carboxylic acids is 3. The number of nitrogens with one attached hydrogen (secondary N) is 1. The molecule has 6 heterocycles. The molecule has 0 radical (unpaired) electrons. The number of methoxy groups -OCH3 is 1. The number of anilines is 8. The van der Waals surface area contributed by atoms with Gasteiger partial charge in [0.2, 0.25) is 34.2 Å². The number of hydrogen-bond acceptors (Lipinski definition) is 15. The van der Waals surface area contributed by atoms with E-state index in [4.69, 9.17) is 32.9 Å². The number of fused-ring (bicyclic) bond motifs is 3. The van der Waals surface area contributed by atoms with Gasteiger partial charge in [-0.25, -0.2) is 19.7 Å². The molecule has 2 unspecified atom stereocenters. The number of aromatic nitrogens is 6. The van der Waals surface area contributed by atoms with Crippen LogP contribution in [0.4, 0.5) is 46.2 Å². The molecule has 6 aliphatic rings. The Balaban J connectivity index is 0.000000155. The van der Waals surface area contributed by atoms with Crippen molar-refractivity contribution in [2.45, 2.75) is 114 Å². The largest absolute Gasteiger partial charge is 0.495 e. The minimum atomic E-state index is -1.03. The zero-order chi connectivity index (χ0) is 52.6. The van der Waals surface area contributed by atoms with E-state index in [0.717, 1.165) is 67.4 Å². The first-order chi connectivity index (χ1) is 35.7. The van der Waals surface area contributed by atoms with Crippen molar-refractivity contribution in [3.05, 3.63) is 78.2 Å². The summed E-state index contributed by atoms with van der Waals surface area (Å²) in [6.07, 6.45) is 24.4. The highest BCUT2D eigenvalue weighted by Gasteiger charge is 2.39. The SMILES string of the molecule is C=CCC1CN(C2CCCC2)c2nc(Cl)ncc2N(C)C1=O.C=CCC1CN(C2CCCC2)c2nc(Nc3ccc(C(=O)O)cc3OC)ncc2N(C)C1=O.CN1C(=O)CCN(C2CCCC2)c2nc(Cl)ncc21. The van der Waals surface area contributed by atoms with Crippen molar-refractivity contribution in [2.24, 2.45) is 11.8 Å². The van der Waals surface area contributed by atoms with E-state index in [1.807, 2.05) is 6.08 Å². The summed E-state index contributed by atoms with van der Waals surface area (Å²) in [4.78, 5) is 87.0. The van der Waals surface area contributed by atoms with Crippen LogP contribution < -0.4 is 39.5 Å². The molecule has 2 N–H and O–H groups in total. The van der Waals surface area contributed by atoms with Crippen LogP contribution in [0, 0.1) is 11.8 Å². The van der Waals surface area contributed by atoms with E-state index < -0.39 is 5.97 Å². The monoisotopic (exact) mass is 1050 g/mol. The quantitative estimate of drug-likeness (QED) is 0.106. The molecule has 3 amide bonds. The first-order valence-electron chi connectivity index (χ1n) is 25.6. The predicted molar refractivity (Wildman–Crippen MR) is 290 cm³/mol. The standard InChI is InChI=1S/C24H29N5O4.C16H21ClN4O.C13H17ClN4O/c1-4-7-16-14-29(17-8-5-6-9-17)21-19(28(2)22(16)30)13-25-24(27-21)26-18-11-10-15(23(31)32)12-20(18)33-3;1-3-6-11-10-21(12-7-4-5-8-12)14-13(20(2)15(11)22)9-18-16(17)19-14;1-17-10-8-15-13(14)16-12(10)18(7-6-11(17)19)9-4-2-3-5-9/h4,10-13,16-17H,1,5-9,14H2,2-3H3,(H,31,32)(H,25,26,27);3,9,11-12H,1,4-8,10H2,2H3;8-9H,2-7H2,1H3. The topological polar surface area (TPSA) is 207 Å². The molecule has 0 spiro atoms. The fourth-order valence-corrected chi connectivity index (χ4v) is 11.4. The van der Waals surface area contributed by atoms with E-state index in [2.05, 4.69) is 58.1 Å². The van der Waals surface area contributed by atoms with Crippen LogP contribution in [0.25, 0.3) is 0 Å².